The Morgan fingerprint density at radius 1 is 1.09 bits per heavy atom. The maximum Gasteiger partial charge on any atom is 0.335 e. The third-order valence-electron chi connectivity index (χ3n) is 7.70. The number of fused-ring (bicyclic) bond motifs is 1. The Morgan fingerprint density at radius 3 is 2.67 bits per heavy atom. The zero-order valence-corrected chi connectivity index (χ0v) is 25.1. The van der Waals surface area contributed by atoms with Gasteiger partial charge in [0.2, 0.25) is 0 Å². The van der Waals surface area contributed by atoms with Crippen molar-refractivity contribution in [2.45, 2.75) is 32.1 Å². The number of hydrogen-bond acceptors (Lipinski definition) is 8. The van der Waals surface area contributed by atoms with E-state index in [9.17, 15) is 14.3 Å². The number of benzene rings is 2. The molecule has 1 aliphatic heterocycles. The van der Waals surface area contributed by atoms with Crippen LogP contribution in [-0.2, 0) is 31.4 Å². The molecule has 6 aromatic rings. The Balaban J connectivity index is 1.13. The monoisotopic (exact) mass is 646 g/mol. The zero-order valence-electron chi connectivity index (χ0n) is 24.3. The molecule has 0 spiro atoms. The van der Waals surface area contributed by atoms with Crippen molar-refractivity contribution >= 4 is 28.3 Å². The van der Waals surface area contributed by atoms with Crippen LogP contribution in [0.1, 0.15) is 33.2 Å². The molecular weight excluding hydrogens is 621 g/mol. The van der Waals surface area contributed by atoms with Gasteiger partial charge in [-0.05, 0) is 54.4 Å². The minimum absolute atomic E-state index is 0.00916. The molecule has 10 nitrogen and oxygen atoms in total. The number of ether oxygens (including phenoxy) is 2. The van der Waals surface area contributed by atoms with Gasteiger partial charge in [-0.3, -0.25) is 4.68 Å². The quantitative estimate of drug-likeness (QED) is 0.192. The van der Waals surface area contributed by atoms with Crippen molar-refractivity contribution in [2.24, 2.45) is 7.05 Å². The summed E-state index contributed by atoms with van der Waals surface area (Å²) >= 11 is 1.35. The third-order valence-corrected chi connectivity index (χ3v) is 8.72. The van der Waals surface area contributed by atoms with Crippen molar-refractivity contribution in [2.75, 3.05) is 6.61 Å². The van der Waals surface area contributed by atoms with E-state index in [1.165, 1.54) is 29.5 Å². The van der Waals surface area contributed by atoms with Gasteiger partial charge in [0.25, 0.3) is 5.88 Å². The molecule has 1 aliphatic rings. The number of thiazole rings is 1. The van der Waals surface area contributed by atoms with E-state index in [0.717, 1.165) is 35.1 Å². The van der Waals surface area contributed by atoms with Crippen molar-refractivity contribution in [1.82, 2.24) is 29.3 Å². The molecule has 1 unspecified atom stereocenters. The van der Waals surface area contributed by atoms with Crippen LogP contribution in [-0.4, -0.2) is 53.1 Å². The molecular formula is C32H25F3N6O4S. The summed E-state index contributed by atoms with van der Waals surface area (Å²) in [7, 11) is 1.81. The van der Waals surface area contributed by atoms with Gasteiger partial charge in [-0.25, -0.2) is 32.9 Å². The summed E-state index contributed by atoms with van der Waals surface area (Å²) in [6, 6.07) is 8.97. The van der Waals surface area contributed by atoms with Gasteiger partial charge < -0.3 is 19.1 Å². The second-order valence-corrected chi connectivity index (χ2v) is 11.9. The van der Waals surface area contributed by atoms with Crippen LogP contribution < -0.4 is 4.74 Å². The lowest BCUT2D eigenvalue weighted by Crippen LogP contribution is -2.31. The van der Waals surface area contributed by atoms with E-state index in [-0.39, 0.29) is 47.4 Å². The number of carboxylic acids is 1. The molecule has 1 fully saturated rings. The average molecular weight is 647 g/mol. The fraction of sp³-hybridized carbons (Fsp3) is 0.219. The summed E-state index contributed by atoms with van der Waals surface area (Å²) < 4.78 is 60.3. The van der Waals surface area contributed by atoms with Crippen LogP contribution in [0.15, 0.2) is 61.1 Å². The first-order valence-corrected chi connectivity index (χ1v) is 15.1. The number of nitrogens with zero attached hydrogens (tertiary/aromatic N) is 6. The summed E-state index contributed by atoms with van der Waals surface area (Å²) in [5.74, 6) is -3.25. The third kappa shape index (κ3) is 5.84. The Morgan fingerprint density at radius 2 is 1.93 bits per heavy atom. The fourth-order valence-electron chi connectivity index (χ4n) is 5.23. The van der Waals surface area contributed by atoms with E-state index >= 15 is 8.78 Å². The highest BCUT2D eigenvalue weighted by molar-refractivity contribution is 7.15. The lowest BCUT2D eigenvalue weighted by molar-refractivity contribution is -0.0589. The summed E-state index contributed by atoms with van der Waals surface area (Å²) in [4.78, 5) is 25.5. The molecule has 1 saturated heterocycles. The molecule has 4 aromatic heterocycles. The zero-order chi connectivity index (χ0) is 31.9. The maximum absolute atomic E-state index is 15.5. The normalized spacial score (nSPS) is 14.5. The fourth-order valence-corrected chi connectivity index (χ4v) is 6.04. The van der Waals surface area contributed by atoms with Gasteiger partial charge in [-0.2, -0.15) is 5.10 Å². The number of aromatic nitrogens is 6. The van der Waals surface area contributed by atoms with Crippen molar-refractivity contribution < 1.29 is 32.5 Å². The van der Waals surface area contributed by atoms with E-state index in [1.54, 1.807) is 27.7 Å². The van der Waals surface area contributed by atoms with E-state index in [1.807, 2.05) is 13.2 Å². The maximum atomic E-state index is 15.5. The van der Waals surface area contributed by atoms with E-state index < -0.39 is 23.4 Å². The molecule has 5 heterocycles. The number of rotatable bonds is 10. The Kier molecular flexibility index (Phi) is 7.74. The van der Waals surface area contributed by atoms with Crippen molar-refractivity contribution in [1.29, 1.82) is 0 Å². The molecule has 0 aliphatic carbocycles. The van der Waals surface area contributed by atoms with Crippen LogP contribution in [0, 0.1) is 17.5 Å². The van der Waals surface area contributed by atoms with Gasteiger partial charge in [-0.1, -0.05) is 0 Å². The predicted octanol–water partition coefficient (Wildman–Crippen LogP) is 6.03. The summed E-state index contributed by atoms with van der Waals surface area (Å²) in [6.07, 6.45) is 5.89. The highest BCUT2D eigenvalue weighted by Crippen LogP contribution is 2.31. The number of carbonyl (C=O) groups is 1. The standard InChI is InChI=1S/C32H25F3N6O4S/c1-40-14-19(12-37-40)28-13-36-30(46-28)16-45-31-22(33)3-5-25(39-31)21-11-23(34)18(8-24(21)35)10-29-38-26-4-2-17(32(42)43)9-27(26)41(29)15-20-6-7-44-20/h2-5,8-9,11-14,20H,6-7,10,15-16H2,1H3,(H,42,43). The van der Waals surface area contributed by atoms with Crippen LogP contribution >= 0.6 is 11.3 Å². The minimum atomic E-state index is -1.08. The van der Waals surface area contributed by atoms with E-state index in [0.29, 0.717) is 35.0 Å². The summed E-state index contributed by atoms with van der Waals surface area (Å²) in [5.41, 5.74) is 1.94. The van der Waals surface area contributed by atoms with Crippen LogP contribution in [0.3, 0.4) is 0 Å². The SMILES string of the molecule is Cn1cc(-c2cnc(COc3nc(-c4cc(F)c(Cc5nc6ccc(C(=O)O)cc6n5CC5CCO5)cc4F)ccc3F)s2)cn1. The molecule has 1 N–H and O–H groups in total. The van der Waals surface area contributed by atoms with E-state index in [4.69, 9.17) is 9.47 Å². The Bertz CT molecular complexity index is 2110. The van der Waals surface area contributed by atoms with Crippen molar-refractivity contribution in [3.05, 3.63) is 100 Å². The summed E-state index contributed by atoms with van der Waals surface area (Å²) in [5, 5.41) is 14.2. The first kappa shape index (κ1) is 29.6. The molecule has 0 radical (unpaired) electrons. The van der Waals surface area contributed by atoms with Gasteiger partial charge in [-0.15, -0.1) is 11.3 Å². The molecule has 14 heteroatoms. The van der Waals surface area contributed by atoms with Gasteiger partial charge in [0.1, 0.15) is 29.1 Å². The second kappa shape index (κ2) is 12.0. The molecule has 46 heavy (non-hydrogen) atoms. The molecule has 1 atom stereocenters. The average Bonchev–Trinajstić information content (AvgIpc) is 3.74. The number of imidazole rings is 1. The molecule has 0 saturated carbocycles. The predicted molar refractivity (Wildman–Crippen MR) is 162 cm³/mol. The number of aromatic carboxylic acids is 1. The first-order chi connectivity index (χ1) is 22.2. The number of carboxylic acid groups (broad SMARTS) is 1. The minimum Gasteiger partial charge on any atom is -0.478 e. The number of hydrogen-bond donors (Lipinski definition) is 1. The van der Waals surface area contributed by atoms with Crippen LogP contribution in [0.2, 0.25) is 0 Å². The largest absolute Gasteiger partial charge is 0.478 e. The lowest BCUT2D eigenvalue weighted by atomic mass is 10.0. The number of halogens is 3. The van der Waals surface area contributed by atoms with Gasteiger partial charge in [0.05, 0.1) is 46.0 Å². The second-order valence-electron chi connectivity index (χ2n) is 10.8. The van der Waals surface area contributed by atoms with Crippen molar-refractivity contribution in [3.8, 4) is 27.6 Å². The molecule has 2 aromatic carbocycles. The Hall–Kier alpha value is -5.08. The molecule has 234 valence electrons. The van der Waals surface area contributed by atoms with Gasteiger partial charge in [0, 0.05) is 43.6 Å². The topological polar surface area (TPSA) is 117 Å². The van der Waals surface area contributed by atoms with Crippen LogP contribution in [0.5, 0.6) is 5.88 Å². The highest BCUT2D eigenvalue weighted by atomic mass is 32.1. The first-order valence-electron chi connectivity index (χ1n) is 14.3. The summed E-state index contributed by atoms with van der Waals surface area (Å²) in [6.45, 7) is 0.941. The highest BCUT2D eigenvalue weighted by Gasteiger charge is 2.24. The van der Waals surface area contributed by atoms with Crippen LogP contribution in [0.4, 0.5) is 13.2 Å². The van der Waals surface area contributed by atoms with Gasteiger partial charge in [0.15, 0.2) is 5.82 Å². The Labute approximate surface area is 263 Å². The van der Waals surface area contributed by atoms with E-state index in [2.05, 4.69) is 20.1 Å². The van der Waals surface area contributed by atoms with Gasteiger partial charge >= 0.3 is 5.97 Å². The molecule has 0 bridgehead atoms. The smallest absolute Gasteiger partial charge is 0.335 e. The number of aryl methyl sites for hydroxylation is 1. The number of pyridine rings is 1. The molecule has 7 rings (SSSR count). The van der Waals surface area contributed by atoms with Crippen LogP contribution in [0.25, 0.3) is 32.7 Å². The molecule has 0 amide bonds. The lowest BCUT2D eigenvalue weighted by Gasteiger charge is -2.27. The van der Waals surface area contributed by atoms with Crippen molar-refractivity contribution in [3.63, 3.8) is 0 Å².